The van der Waals surface area contributed by atoms with E-state index in [1.165, 1.54) is 0 Å². The molecule has 3 nitrogen and oxygen atoms in total. The summed E-state index contributed by atoms with van der Waals surface area (Å²) in [5, 5.41) is 0.832. The monoisotopic (exact) mass is 359 g/mol. The minimum absolute atomic E-state index is 0.193. The van der Waals surface area contributed by atoms with Gasteiger partial charge in [-0.3, -0.25) is 0 Å². The molecule has 0 bridgehead atoms. The molecule has 5 heteroatoms. The van der Waals surface area contributed by atoms with Gasteiger partial charge in [0.05, 0.1) is 4.90 Å². The van der Waals surface area contributed by atoms with Crippen molar-refractivity contribution in [2.45, 2.75) is 50.5 Å². The Kier molecular flexibility index (Phi) is 5.26. The number of alkyl halides is 1. The highest BCUT2D eigenvalue weighted by Gasteiger charge is 2.35. The molecule has 1 aromatic rings. The largest absolute Gasteiger partial charge is 0.243 e. The van der Waals surface area contributed by atoms with Crippen LogP contribution in [0.3, 0.4) is 0 Å². The predicted molar refractivity (Wildman–Crippen MR) is 85.9 cm³/mol. The first-order valence-electron chi connectivity index (χ1n) is 7.12. The number of benzene rings is 1. The highest BCUT2D eigenvalue weighted by molar-refractivity contribution is 9.09. The average molecular weight is 360 g/mol. The van der Waals surface area contributed by atoms with Crippen molar-refractivity contribution >= 4 is 26.0 Å². The van der Waals surface area contributed by atoms with Crippen molar-refractivity contribution in [3.05, 3.63) is 29.3 Å². The van der Waals surface area contributed by atoms with Crippen LogP contribution in [-0.2, 0) is 10.0 Å². The molecular weight excluding hydrogens is 338 g/mol. The lowest BCUT2D eigenvalue weighted by molar-refractivity contribution is 0.220. The Hall–Kier alpha value is -0.390. The lowest BCUT2D eigenvalue weighted by Crippen LogP contribution is -2.44. The predicted octanol–water partition coefficient (Wildman–Crippen LogP) is 3.63. The zero-order chi connectivity index (χ0) is 14.8. The molecule has 1 aromatic carbocycles. The quantitative estimate of drug-likeness (QED) is 0.727. The summed E-state index contributed by atoms with van der Waals surface area (Å²) < 4.78 is 27.6. The van der Waals surface area contributed by atoms with Gasteiger partial charge in [-0.1, -0.05) is 34.5 Å². The van der Waals surface area contributed by atoms with Gasteiger partial charge >= 0.3 is 0 Å². The number of sulfonamides is 1. The molecule has 0 saturated heterocycles. The Morgan fingerprint density at radius 2 is 2.00 bits per heavy atom. The van der Waals surface area contributed by atoms with Crippen molar-refractivity contribution in [2.75, 3.05) is 11.9 Å². The van der Waals surface area contributed by atoms with Crippen LogP contribution in [-0.4, -0.2) is 30.6 Å². The molecule has 1 fully saturated rings. The van der Waals surface area contributed by atoms with Gasteiger partial charge in [0, 0.05) is 17.9 Å². The number of aryl methyl sites for hydroxylation is 2. The van der Waals surface area contributed by atoms with E-state index < -0.39 is 10.0 Å². The van der Waals surface area contributed by atoms with Crippen LogP contribution in [0.15, 0.2) is 23.1 Å². The van der Waals surface area contributed by atoms with Gasteiger partial charge in [-0.05, 0) is 50.3 Å². The summed E-state index contributed by atoms with van der Waals surface area (Å²) in [6, 6.07) is 5.84. The van der Waals surface area contributed by atoms with Crippen molar-refractivity contribution in [2.24, 2.45) is 0 Å². The first-order chi connectivity index (χ1) is 9.46. The van der Waals surface area contributed by atoms with E-state index in [0.29, 0.717) is 11.4 Å². The summed E-state index contributed by atoms with van der Waals surface area (Å²) in [4.78, 5) is 0.471. The fourth-order valence-electron chi connectivity index (χ4n) is 2.50. The Bertz CT molecular complexity index is 567. The number of hydrogen-bond donors (Lipinski definition) is 0. The average Bonchev–Trinajstić information content (AvgIpc) is 2.34. The standard InChI is InChI=1S/C15H22BrNO2S/c1-12-7-8-13(2)15(11-12)20(18,19)17(10-4-9-16)14-5-3-6-14/h7-8,11,14H,3-6,9-10H2,1-2H3. The Labute approximate surface area is 130 Å². The van der Waals surface area contributed by atoms with Crippen LogP contribution in [0.5, 0.6) is 0 Å². The van der Waals surface area contributed by atoms with E-state index >= 15 is 0 Å². The zero-order valence-corrected chi connectivity index (χ0v) is 14.5. The van der Waals surface area contributed by atoms with Gasteiger partial charge in [-0.15, -0.1) is 0 Å². The van der Waals surface area contributed by atoms with Crippen LogP contribution in [0.1, 0.15) is 36.8 Å². The van der Waals surface area contributed by atoms with Crippen molar-refractivity contribution in [3.8, 4) is 0 Å². The topological polar surface area (TPSA) is 37.4 Å². The van der Waals surface area contributed by atoms with Gasteiger partial charge in [0.15, 0.2) is 0 Å². The Morgan fingerprint density at radius 1 is 1.30 bits per heavy atom. The van der Waals surface area contributed by atoms with E-state index in [0.717, 1.165) is 42.1 Å². The highest BCUT2D eigenvalue weighted by Crippen LogP contribution is 2.31. The van der Waals surface area contributed by atoms with Gasteiger partial charge in [0.25, 0.3) is 0 Å². The van der Waals surface area contributed by atoms with Gasteiger partial charge in [-0.25, -0.2) is 8.42 Å². The van der Waals surface area contributed by atoms with Gasteiger partial charge in [0.1, 0.15) is 0 Å². The molecule has 0 unspecified atom stereocenters. The molecule has 0 aliphatic heterocycles. The molecule has 0 radical (unpaired) electrons. The zero-order valence-electron chi connectivity index (χ0n) is 12.1. The molecule has 0 amide bonds. The van der Waals surface area contributed by atoms with Crippen LogP contribution in [0.25, 0.3) is 0 Å². The minimum atomic E-state index is -3.37. The summed E-state index contributed by atoms with van der Waals surface area (Å²) in [6.45, 7) is 4.41. The summed E-state index contributed by atoms with van der Waals surface area (Å²) in [6.07, 6.45) is 3.97. The maximum Gasteiger partial charge on any atom is 0.243 e. The van der Waals surface area contributed by atoms with Crippen LogP contribution in [0.4, 0.5) is 0 Å². The lowest BCUT2D eigenvalue weighted by atomic mass is 9.93. The summed E-state index contributed by atoms with van der Waals surface area (Å²) in [7, 11) is -3.37. The first kappa shape index (κ1) is 16.0. The maximum absolute atomic E-state index is 13.0. The third kappa shape index (κ3) is 3.26. The fraction of sp³-hybridized carbons (Fsp3) is 0.600. The summed E-state index contributed by atoms with van der Waals surface area (Å²) >= 11 is 3.39. The molecule has 0 N–H and O–H groups in total. The van der Waals surface area contributed by atoms with E-state index in [4.69, 9.17) is 0 Å². The van der Waals surface area contributed by atoms with Crippen molar-refractivity contribution in [1.29, 1.82) is 0 Å². The second-order valence-electron chi connectivity index (χ2n) is 5.51. The minimum Gasteiger partial charge on any atom is -0.207 e. The number of hydrogen-bond acceptors (Lipinski definition) is 2. The third-order valence-electron chi connectivity index (χ3n) is 3.92. The molecule has 1 saturated carbocycles. The van der Waals surface area contributed by atoms with E-state index in [1.807, 2.05) is 26.0 Å². The molecule has 20 heavy (non-hydrogen) atoms. The second-order valence-corrected chi connectivity index (χ2v) is 8.16. The van der Waals surface area contributed by atoms with Crippen LogP contribution in [0.2, 0.25) is 0 Å². The molecule has 0 spiro atoms. The highest BCUT2D eigenvalue weighted by atomic mass is 79.9. The van der Waals surface area contributed by atoms with Crippen LogP contribution >= 0.6 is 15.9 Å². The number of rotatable bonds is 6. The van der Waals surface area contributed by atoms with E-state index in [-0.39, 0.29) is 6.04 Å². The molecule has 0 aromatic heterocycles. The SMILES string of the molecule is Cc1ccc(C)c(S(=O)(=O)N(CCCBr)C2CCC2)c1. The molecule has 0 heterocycles. The lowest BCUT2D eigenvalue weighted by Gasteiger charge is -2.36. The van der Waals surface area contributed by atoms with E-state index in [1.54, 1.807) is 10.4 Å². The van der Waals surface area contributed by atoms with E-state index in [9.17, 15) is 8.42 Å². The van der Waals surface area contributed by atoms with Gasteiger partial charge in [0.2, 0.25) is 10.0 Å². The summed E-state index contributed by atoms with van der Waals surface area (Å²) in [5.74, 6) is 0. The fourth-order valence-corrected chi connectivity index (χ4v) is 4.79. The first-order valence-corrected chi connectivity index (χ1v) is 9.68. The number of nitrogens with zero attached hydrogens (tertiary/aromatic N) is 1. The smallest absolute Gasteiger partial charge is 0.207 e. The molecule has 112 valence electrons. The third-order valence-corrected chi connectivity index (χ3v) is 6.58. The molecular formula is C15H22BrNO2S. The van der Waals surface area contributed by atoms with Crippen LogP contribution in [0, 0.1) is 13.8 Å². The molecule has 0 atom stereocenters. The number of halogens is 1. The van der Waals surface area contributed by atoms with Gasteiger partial charge in [-0.2, -0.15) is 4.31 Å². The second kappa shape index (κ2) is 6.58. The van der Waals surface area contributed by atoms with E-state index in [2.05, 4.69) is 15.9 Å². The molecule has 2 rings (SSSR count). The Morgan fingerprint density at radius 3 is 2.55 bits per heavy atom. The van der Waals surface area contributed by atoms with Crippen molar-refractivity contribution < 1.29 is 8.42 Å². The van der Waals surface area contributed by atoms with Crippen LogP contribution < -0.4 is 0 Å². The van der Waals surface area contributed by atoms with Crippen molar-refractivity contribution in [3.63, 3.8) is 0 Å². The molecule has 1 aliphatic rings. The summed E-state index contributed by atoms with van der Waals surface area (Å²) in [5.41, 5.74) is 1.82. The van der Waals surface area contributed by atoms with Crippen molar-refractivity contribution in [1.82, 2.24) is 4.31 Å². The maximum atomic E-state index is 13.0. The normalized spacial score (nSPS) is 16.4. The van der Waals surface area contributed by atoms with Gasteiger partial charge < -0.3 is 0 Å². The Balaban J connectivity index is 2.36. The molecule has 1 aliphatic carbocycles.